The highest BCUT2D eigenvalue weighted by Crippen LogP contribution is 2.23. The molecule has 0 aromatic heterocycles. The molecule has 0 spiro atoms. The second kappa shape index (κ2) is 8.99. The maximum absolute atomic E-state index is 12.1. The smallest absolute Gasteiger partial charge is 0.241 e. The first-order valence-corrected chi connectivity index (χ1v) is 8.16. The molecule has 0 heterocycles. The number of carbonyl (C=O) groups is 1. The van der Waals surface area contributed by atoms with Crippen molar-refractivity contribution < 1.29 is 9.90 Å². The Morgan fingerprint density at radius 1 is 1.04 bits per heavy atom. The van der Waals surface area contributed by atoms with Crippen LogP contribution in [0.2, 0.25) is 0 Å². The van der Waals surface area contributed by atoms with Crippen molar-refractivity contribution in [2.24, 2.45) is 5.73 Å². The van der Waals surface area contributed by atoms with Gasteiger partial charge < -0.3 is 16.2 Å². The standard InChI is InChI=1S/C20H26N2O2.ClH/c1-20(2,3)16-11-9-14(10-12-16)17(23)13-22-19(24)18(21)15-7-5-4-6-8-15;/h4-12,17-18,23H,13,21H2,1-3H3,(H,22,24);1H. The molecular weight excluding hydrogens is 336 g/mol. The average molecular weight is 363 g/mol. The van der Waals surface area contributed by atoms with E-state index in [-0.39, 0.29) is 30.3 Å². The van der Waals surface area contributed by atoms with Crippen LogP contribution in [-0.2, 0) is 10.2 Å². The number of carbonyl (C=O) groups excluding carboxylic acids is 1. The zero-order valence-corrected chi connectivity index (χ0v) is 15.7. The van der Waals surface area contributed by atoms with Gasteiger partial charge in [-0.15, -0.1) is 12.4 Å². The predicted octanol–water partition coefficient (Wildman–Crippen LogP) is 3.26. The molecule has 2 unspecified atom stereocenters. The van der Waals surface area contributed by atoms with E-state index in [0.717, 1.165) is 11.1 Å². The molecule has 0 saturated heterocycles. The number of nitrogens with two attached hydrogens (primary N) is 1. The largest absolute Gasteiger partial charge is 0.387 e. The second-order valence-electron chi connectivity index (χ2n) is 7.02. The van der Waals surface area contributed by atoms with E-state index < -0.39 is 12.1 Å². The summed E-state index contributed by atoms with van der Waals surface area (Å²) in [6.07, 6.45) is -0.758. The van der Waals surface area contributed by atoms with Gasteiger partial charge >= 0.3 is 0 Å². The van der Waals surface area contributed by atoms with Crippen LogP contribution in [0.15, 0.2) is 54.6 Å². The summed E-state index contributed by atoms with van der Waals surface area (Å²) >= 11 is 0. The van der Waals surface area contributed by atoms with E-state index in [2.05, 4.69) is 26.1 Å². The number of hydrogen-bond acceptors (Lipinski definition) is 3. The molecule has 2 aromatic rings. The summed E-state index contributed by atoms with van der Waals surface area (Å²) in [4.78, 5) is 12.1. The van der Waals surface area contributed by atoms with E-state index in [1.54, 1.807) is 0 Å². The van der Waals surface area contributed by atoms with Crippen LogP contribution < -0.4 is 11.1 Å². The number of aliphatic hydroxyl groups excluding tert-OH is 1. The predicted molar refractivity (Wildman–Crippen MR) is 104 cm³/mol. The van der Waals surface area contributed by atoms with Crippen LogP contribution >= 0.6 is 12.4 Å². The highest BCUT2D eigenvalue weighted by molar-refractivity contribution is 5.85. The molecule has 4 N–H and O–H groups in total. The van der Waals surface area contributed by atoms with E-state index in [1.807, 2.05) is 54.6 Å². The zero-order chi connectivity index (χ0) is 17.7. The number of halogens is 1. The fourth-order valence-corrected chi connectivity index (χ4v) is 2.44. The Balaban J connectivity index is 0.00000312. The first-order chi connectivity index (χ1) is 11.3. The molecular formula is C20H27ClN2O2. The Morgan fingerprint density at radius 3 is 2.12 bits per heavy atom. The Morgan fingerprint density at radius 2 is 1.60 bits per heavy atom. The fraction of sp³-hybridized carbons (Fsp3) is 0.350. The van der Waals surface area contributed by atoms with Crippen molar-refractivity contribution in [1.29, 1.82) is 0 Å². The first-order valence-electron chi connectivity index (χ1n) is 8.16. The van der Waals surface area contributed by atoms with Crippen LogP contribution in [0.5, 0.6) is 0 Å². The second-order valence-corrected chi connectivity index (χ2v) is 7.02. The van der Waals surface area contributed by atoms with Gasteiger partial charge in [0.15, 0.2) is 0 Å². The van der Waals surface area contributed by atoms with Gasteiger partial charge in [0.05, 0.1) is 6.10 Å². The lowest BCUT2D eigenvalue weighted by Crippen LogP contribution is -2.36. The lowest BCUT2D eigenvalue weighted by atomic mass is 9.86. The van der Waals surface area contributed by atoms with Gasteiger partial charge in [0.2, 0.25) is 5.91 Å². The molecule has 2 atom stereocenters. The van der Waals surface area contributed by atoms with Crippen molar-refractivity contribution in [3.05, 3.63) is 71.3 Å². The van der Waals surface area contributed by atoms with Gasteiger partial charge in [-0.25, -0.2) is 0 Å². The van der Waals surface area contributed by atoms with Crippen LogP contribution in [0.25, 0.3) is 0 Å². The van der Waals surface area contributed by atoms with Gasteiger partial charge in [0, 0.05) is 6.54 Å². The molecule has 0 radical (unpaired) electrons. The Hall–Kier alpha value is -1.88. The normalized spacial score (nSPS) is 13.5. The lowest BCUT2D eigenvalue weighted by Gasteiger charge is -2.20. The molecule has 5 heteroatoms. The van der Waals surface area contributed by atoms with Crippen molar-refractivity contribution in [2.75, 3.05) is 6.54 Å². The van der Waals surface area contributed by atoms with E-state index in [0.29, 0.717) is 0 Å². The molecule has 1 amide bonds. The van der Waals surface area contributed by atoms with Gasteiger partial charge in [-0.1, -0.05) is 75.4 Å². The van der Waals surface area contributed by atoms with Gasteiger partial charge in [-0.05, 0) is 22.1 Å². The van der Waals surface area contributed by atoms with Crippen LogP contribution in [0.4, 0.5) is 0 Å². The number of hydrogen-bond donors (Lipinski definition) is 3. The maximum atomic E-state index is 12.1. The summed E-state index contributed by atoms with van der Waals surface area (Å²) in [5.41, 5.74) is 8.73. The molecule has 25 heavy (non-hydrogen) atoms. The number of amides is 1. The van der Waals surface area contributed by atoms with Crippen molar-refractivity contribution in [2.45, 2.75) is 38.3 Å². The summed E-state index contributed by atoms with van der Waals surface area (Å²) < 4.78 is 0. The van der Waals surface area contributed by atoms with Crippen molar-refractivity contribution >= 4 is 18.3 Å². The third kappa shape index (κ3) is 5.85. The molecule has 0 aliphatic carbocycles. The van der Waals surface area contributed by atoms with Crippen LogP contribution in [0.3, 0.4) is 0 Å². The third-order valence-corrected chi connectivity index (χ3v) is 4.07. The topological polar surface area (TPSA) is 75.3 Å². The lowest BCUT2D eigenvalue weighted by molar-refractivity contribution is -0.122. The quantitative estimate of drug-likeness (QED) is 0.764. The molecule has 0 fully saturated rings. The van der Waals surface area contributed by atoms with Gasteiger partial charge in [0.1, 0.15) is 6.04 Å². The SMILES string of the molecule is CC(C)(C)c1ccc(C(O)CNC(=O)C(N)c2ccccc2)cc1.Cl. The number of rotatable bonds is 5. The van der Waals surface area contributed by atoms with E-state index in [4.69, 9.17) is 5.73 Å². The van der Waals surface area contributed by atoms with Crippen molar-refractivity contribution in [3.8, 4) is 0 Å². The monoisotopic (exact) mass is 362 g/mol. The van der Waals surface area contributed by atoms with Crippen LogP contribution in [0, 0.1) is 0 Å². The van der Waals surface area contributed by atoms with Gasteiger partial charge in [0.25, 0.3) is 0 Å². The summed E-state index contributed by atoms with van der Waals surface area (Å²) in [6.45, 7) is 6.56. The van der Waals surface area contributed by atoms with E-state index >= 15 is 0 Å². The molecule has 2 rings (SSSR count). The van der Waals surface area contributed by atoms with E-state index in [1.165, 1.54) is 5.56 Å². The molecule has 0 bridgehead atoms. The number of aliphatic hydroxyl groups is 1. The molecule has 0 saturated carbocycles. The summed E-state index contributed by atoms with van der Waals surface area (Å²) in [6, 6.07) is 16.3. The Kier molecular flexibility index (Phi) is 7.61. The van der Waals surface area contributed by atoms with Crippen molar-refractivity contribution in [1.82, 2.24) is 5.32 Å². The molecule has 2 aromatic carbocycles. The molecule has 136 valence electrons. The Bertz CT molecular complexity index is 666. The van der Waals surface area contributed by atoms with Crippen molar-refractivity contribution in [3.63, 3.8) is 0 Å². The van der Waals surface area contributed by atoms with Gasteiger partial charge in [-0.3, -0.25) is 4.79 Å². The Labute approximate surface area is 155 Å². The highest BCUT2D eigenvalue weighted by Gasteiger charge is 2.18. The zero-order valence-electron chi connectivity index (χ0n) is 14.9. The molecule has 0 aliphatic heterocycles. The molecule has 0 aliphatic rings. The summed E-state index contributed by atoms with van der Waals surface area (Å²) in [5, 5.41) is 13.0. The highest BCUT2D eigenvalue weighted by atomic mass is 35.5. The summed E-state index contributed by atoms with van der Waals surface area (Å²) in [5.74, 6) is -0.299. The minimum Gasteiger partial charge on any atom is -0.387 e. The van der Waals surface area contributed by atoms with Gasteiger partial charge in [-0.2, -0.15) is 0 Å². The summed E-state index contributed by atoms with van der Waals surface area (Å²) in [7, 11) is 0. The van der Waals surface area contributed by atoms with E-state index in [9.17, 15) is 9.90 Å². The third-order valence-electron chi connectivity index (χ3n) is 4.07. The fourth-order valence-electron chi connectivity index (χ4n) is 2.44. The number of benzene rings is 2. The maximum Gasteiger partial charge on any atom is 0.241 e. The average Bonchev–Trinajstić information content (AvgIpc) is 2.58. The molecule has 4 nitrogen and oxygen atoms in total. The minimum atomic E-state index is -0.758. The number of nitrogens with one attached hydrogen (secondary N) is 1. The van der Waals surface area contributed by atoms with Crippen LogP contribution in [-0.4, -0.2) is 17.6 Å². The first kappa shape index (κ1) is 21.2. The minimum absolute atomic E-state index is 0. The van der Waals surface area contributed by atoms with Crippen LogP contribution in [0.1, 0.15) is 49.6 Å².